The number of aryl methyl sites for hydroxylation is 1. The van der Waals surface area contributed by atoms with Crippen LogP contribution in [-0.2, 0) is 20.9 Å². The number of aromatic nitrogens is 1. The molecule has 0 aromatic carbocycles. The molecule has 2 aliphatic rings. The topological polar surface area (TPSA) is 85.1 Å². The van der Waals surface area contributed by atoms with Gasteiger partial charge in [-0.3, -0.25) is 9.59 Å². The van der Waals surface area contributed by atoms with Gasteiger partial charge in [0.2, 0.25) is 5.91 Å². The fourth-order valence-corrected chi connectivity index (χ4v) is 4.03. The van der Waals surface area contributed by atoms with Gasteiger partial charge in [0.15, 0.2) is 5.69 Å². The third-order valence-corrected chi connectivity index (χ3v) is 5.55. The summed E-state index contributed by atoms with van der Waals surface area (Å²) in [6, 6.07) is 0. The molecule has 1 unspecified atom stereocenters. The SMILES string of the molecule is COCc1c(C(=O)N2CCC(CN3CC(COC)CC3=O)CC2)noc1C. The Labute approximate surface area is 159 Å². The van der Waals surface area contributed by atoms with E-state index in [2.05, 4.69) is 5.16 Å². The van der Waals surface area contributed by atoms with Crippen molar-refractivity contribution >= 4 is 11.8 Å². The lowest BCUT2D eigenvalue weighted by Crippen LogP contribution is -2.42. The maximum absolute atomic E-state index is 12.8. The molecule has 1 aromatic rings. The molecule has 3 rings (SSSR count). The monoisotopic (exact) mass is 379 g/mol. The van der Waals surface area contributed by atoms with Crippen molar-refractivity contribution in [3.05, 3.63) is 17.0 Å². The van der Waals surface area contributed by atoms with Crippen LogP contribution in [-0.4, -0.2) is 73.8 Å². The second-order valence-electron chi connectivity index (χ2n) is 7.56. The Morgan fingerprint density at radius 1 is 1.22 bits per heavy atom. The zero-order valence-corrected chi connectivity index (χ0v) is 16.4. The summed E-state index contributed by atoms with van der Waals surface area (Å²) in [6.07, 6.45) is 2.36. The van der Waals surface area contributed by atoms with E-state index in [1.165, 1.54) is 0 Å². The molecular weight excluding hydrogens is 350 g/mol. The van der Waals surface area contributed by atoms with E-state index in [0.29, 0.717) is 56.0 Å². The average Bonchev–Trinajstić information content (AvgIpc) is 3.19. The summed E-state index contributed by atoms with van der Waals surface area (Å²) in [7, 11) is 3.26. The Morgan fingerprint density at radius 2 is 1.96 bits per heavy atom. The Balaban J connectivity index is 1.52. The molecule has 2 saturated heterocycles. The van der Waals surface area contributed by atoms with Gasteiger partial charge in [-0.2, -0.15) is 0 Å². The zero-order chi connectivity index (χ0) is 19.4. The maximum atomic E-state index is 12.8. The number of amides is 2. The molecule has 0 bridgehead atoms. The summed E-state index contributed by atoms with van der Waals surface area (Å²) < 4.78 is 15.5. The van der Waals surface area contributed by atoms with Crippen molar-refractivity contribution in [1.82, 2.24) is 15.0 Å². The standard InChI is InChI=1S/C19H29N3O5/c1-13-16(12-26-3)18(20-27-13)19(24)21-6-4-14(5-7-21)9-22-10-15(11-25-2)8-17(22)23/h14-15H,4-12H2,1-3H3. The van der Waals surface area contributed by atoms with Crippen molar-refractivity contribution < 1.29 is 23.6 Å². The minimum atomic E-state index is -0.102. The zero-order valence-electron chi connectivity index (χ0n) is 16.4. The number of nitrogens with zero attached hydrogens (tertiary/aromatic N) is 3. The van der Waals surface area contributed by atoms with Gasteiger partial charge in [0.1, 0.15) is 5.76 Å². The molecule has 1 atom stereocenters. The van der Waals surface area contributed by atoms with Gasteiger partial charge in [-0.05, 0) is 25.7 Å². The first kappa shape index (κ1) is 19.8. The Bertz CT molecular complexity index is 666. The molecule has 1 aromatic heterocycles. The Morgan fingerprint density at radius 3 is 2.63 bits per heavy atom. The van der Waals surface area contributed by atoms with Crippen molar-refractivity contribution in [2.24, 2.45) is 11.8 Å². The molecule has 2 aliphatic heterocycles. The Kier molecular flexibility index (Phi) is 6.49. The smallest absolute Gasteiger partial charge is 0.276 e. The number of hydrogen-bond donors (Lipinski definition) is 0. The largest absolute Gasteiger partial charge is 0.384 e. The van der Waals surface area contributed by atoms with Crippen molar-refractivity contribution in [1.29, 1.82) is 0 Å². The van der Waals surface area contributed by atoms with Crippen molar-refractivity contribution in [2.45, 2.75) is 32.8 Å². The van der Waals surface area contributed by atoms with Crippen LogP contribution in [0.25, 0.3) is 0 Å². The maximum Gasteiger partial charge on any atom is 0.276 e. The molecule has 2 amide bonds. The van der Waals surface area contributed by atoms with Gasteiger partial charge in [-0.15, -0.1) is 0 Å². The highest BCUT2D eigenvalue weighted by atomic mass is 16.5. The van der Waals surface area contributed by atoms with E-state index in [4.69, 9.17) is 14.0 Å². The molecule has 0 N–H and O–H groups in total. The van der Waals surface area contributed by atoms with Crippen LogP contribution in [0, 0.1) is 18.8 Å². The number of piperidine rings is 1. The minimum Gasteiger partial charge on any atom is -0.384 e. The van der Waals surface area contributed by atoms with Gasteiger partial charge in [0.25, 0.3) is 5.91 Å². The third-order valence-electron chi connectivity index (χ3n) is 5.55. The van der Waals surface area contributed by atoms with E-state index in [9.17, 15) is 9.59 Å². The van der Waals surface area contributed by atoms with E-state index < -0.39 is 0 Å². The van der Waals surface area contributed by atoms with E-state index in [-0.39, 0.29) is 11.8 Å². The molecule has 0 saturated carbocycles. The molecule has 27 heavy (non-hydrogen) atoms. The number of likely N-dealkylation sites (tertiary alicyclic amines) is 2. The number of carbonyl (C=O) groups is 2. The molecule has 0 aliphatic carbocycles. The van der Waals surface area contributed by atoms with Crippen LogP contribution in [0.1, 0.15) is 41.1 Å². The molecule has 8 nitrogen and oxygen atoms in total. The van der Waals surface area contributed by atoms with Crippen LogP contribution in [0.15, 0.2) is 4.52 Å². The first-order valence-corrected chi connectivity index (χ1v) is 9.53. The predicted molar refractivity (Wildman–Crippen MR) is 97.1 cm³/mol. The van der Waals surface area contributed by atoms with Crippen molar-refractivity contribution in [3.8, 4) is 0 Å². The number of ether oxygens (including phenoxy) is 2. The minimum absolute atomic E-state index is 0.102. The van der Waals surface area contributed by atoms with Crippen LogP contribution in [0.5, 0.6) is 0 Å². The van der Waals surface area contributed by atoms with E-state index in [1.54, 1.807) is 21.1 Å². The predicted octanol–water partition coefficient (Wildman–Crippen LogP) is 1.48. The number of rotatable bonds is 7. The normalized spacial score (nSPS) is 21.3. The lowest BCUT2D eigenvalue weighted by atomic mass is 9.96. The molecule has 150 valence electrons. The quantitative estimate of drug-likeness (QED) is 0.713. The van der Waals surface area contributed by atoms with E-state index in [0.717, 1.165) is 31.5 Å². The van der Waals surface area contributed by atoms with Gasteiger partial charge >= 0.3 is 0 Å². The van der Waals surface area contributed by atoms with Crippen molar-refractivity contribution in [3.63, 3.8) is 0 Å². The van der Waals surface area contributed by atoms with Crippen LogP contribution >= 0.6 is 0 Å². The summed E-state index contributed by atoms with van der Waals surface area (Å²) in [5.74, 6) is 1.47. The average molecular weight is 379 g/mol. The van der Waals surface area contributed by atoms with Crippen molar-refractivity contribution in [2.75, 3.05) is 47.0 Å². The second-order valence-corrected chi connectivity index (χ2v) is 7.56. The van der Waals surface area contributed by atoms with Gasteiger partial charge in [0, 0.05) is 52.7 Å². The molecule has 0 radical (unpaired) electrons. The summed E-state index contributed by atoms with van der Waals surface area (Å²) in [6.45, 7) is 5.64. The summed E-state index contributed by atoms with van der Waals surface area (Å²) in [4.78, 5) is 28.8. The van der Waals surface area contributed by atoms with Gasteiger partial charge in [-0.1, -0.05) is 5.16 Å². The molecule has 0 spiro atoms. The second kappa shape index (κ2) is 8.84. The van der Waals surface area contributed by atoms with Crippen LogP contribution in [0.2, 0.25) is 0 Å². The first-order valence-electron chi connectivity index (χ1n) is 9.53. The van der Waals surface area contributed by atoms with E-state index >= 15 is 0 Å². The van der Waals surface area contributed by atoms with Crippen LogP contribution in [0.3, 0.4) is 0 Å². The number of carbonyl (C=O) groups excluding carboxylic acids is 2. The van der Waals surface area contributed by atoms with Gasteiger partial charge in [-0.25, -0.2) is 0 Å². The third kappa shape index (κ3) is 4.50. The molecule has 2 fully saturated rings. The fraction of sp³-hybridized carbons (Fsp3) is 0.737. The highest BCUT2D eigenvalue weighted by Crippen LogP contribution is 2.25. The fourth-order valence-electron chi connectivity index (χ4n) is 4.03. The number of hydrogen-bond acceptors (Lipinski definition) is 6. The van der Waals surface area contributed by atoms with Gasteiger partial charge < -0.3 is 23.8 Å². The van der Waals surface area contributed by atoms with Crippen LogP contribution < -0.4 is 0 Å². The van der Waals surface area contributed by atoms with E-state index in [1.807, 2.05) is 9.80 Å². The van der Waals surface area contributed by atoms with Gasteiger partial charge in [0.05, 0.1) is 18.8 Å². The van der Waals surface area contributed by atoms with Crippen LogP contribution in [0.4, 0.5) is 0 Å². The molecule has 8 heteroatoms. The molecular formula is C19H29N3O5. The highest BCUT2D eigenvalue weighted by molar-refractivity contribution is 5.93. The Hall–Kier alpha value is -1.93. The number of methoxy groups -OCH3 is 2. The highest BCUT2D eigenvalue weighted by Gasteiger charge is 2.33. The first-order chi connectivity index (χ1) is 13.0. The summed E-state index contributed by atoms with van der Waals surface area (Å²) in [5.41, 5.74) is 1.07. The lowest BCUT2D eigenvalue weighted by molar-refractivity contribution is -0.128. The summed E-state index contributed by atoms with van der Waals surface area (Å²) in [5, 5.41) is 3.94. The molecule has 3 heterocycles. The summed E-state index contributed by atoms with van der Waals surface area (Å²) >= 11 is 0. The lowest BCUT2D eigenvalue weighted by Gasteiger charge is -2.33.